The third kappa shape index (κ3) is 6.25. The van der Waals surface area contributed by atoms with E-state index in [9.17, 15) is 14.4 Å². The van der Waals surface area contributed by atoms with Crippen LogP contribution in [0.1, 0.15) is 60.5 Å². The number of nitrogens with one attached hydrogen (secondary N) is 2. The average Bonchev–Trinajstić information content (AvgIpc) is 2.89. The van der Waals surface area contributed by atoms with Gasteiger partial charge in [-0.1, -0.05) is 35.4 Å². The van der Waals surface area contributed by atoms with E-state index in [1.165, 1.54) is 0 Å². The Morgan fingerprint density at radius 1 is 0.833 bits per heavy atom. The van der Waals surface area contributed by atoms with E-state index in [4.69, 9.17) is 0 Å². The predicted octanol–water partition coefficient (Wildman–Crippen LogP) is 4.75. The van der Waals surface area contributed by atoms with Gasteiger partial charge >= 0.3 is 6.03 Å². The molecular weight excluding hydrogens is 452 g/mol. The van der Waals surface area contributed by atoms with E-state index < -0.39 is 6.04 Å². The maximum atomic E-state index is 13.7. The maximum absolute atomic E-state index is 13.7. The van der Waals surface area contributed by atoms with Crippen molar-refractivity contribution in [3.05, 3.63) is 65.2 Å². The summed E-state index contributed by atoms with van der Waals surface area (Å²) in [5, 5.41) is 6.04. The van der Waals surface area contributed by atoms with Crippen molar-refractivity contribution < 1.29 is 14.4 Å². The lowest BCUT2D eigenvalue weighted by molar-refractivity contribution is -0.138. The second-order valence-corrected chi connectivity index (χ2v) is 10.3. The normalized spacial score (nSPS) is 19.5. The fraction of sp³-hybridized carbons (Fsp3) is 0.483. The summed E-state index contributed by atoms with van der Waals surface area (Å²) in [5.41, 5.74) is 3.54. The molecule has 0 radical (unpaired) electrons. The number of piperidine rings is 2. The zero-order valence-corrected chi connectivity index (χ0v) is 21.6. The first-order valence-corrected chi connectivity index (χ1v) is 13.1. The van der Waals surface area contributed by atoms with Crippen LogP contribution in [0, 0.1) is 19.8 Å². The molecule has 4 rings (SSSR count). The molecule has 0 spiro atoms. The number of hydrogen-bond donors (Lipinski definition) is 2. The molecule has 4 amide bonds. The van der Waals surface area contributed by atoms with E-state index in [2.05, 4.69) is 17.6 Å². The second-order valence-electron chi connectivity index (χ2n) is 10.3. The van der Waals surface area contributed by atoms with Gasteiger partial charge in [-0.25, -0.2) is 4.79 Å². The third-order valence-electron chi connectivity index (χ3n) is 7.55. The molecule has 2 aromatic carbocycles. The Morgan fingerprint density at radius 2 is 1.44 bits per heavy atom. The van der Waals surface area contributed by atoms with Crippen LogP contribution in [0.4, 0.5) is 10.5 Å². The van der Waals surface area contributed by atoms with Crippen LogP contribution in [0.3, 0.4) is 0 Å². The SMILES string of the molecule is Cc1ccc(NC(=O)N2CCC([C@@H](NC(=O)c3ccc(C)cc3)C(=O)N3CCCC[C@H]3C)CC2)cc1. The van der Waals surface area contributed by atoms with Gasteiger partial charge in [-0.05, 0) is 83.1 Å². The van der Waals surface area contributed by atoms with E-state index in [0.29, 0.717) is 31.5 Å². The number of nitrogens with zero attached hydrogens (tertiary/aromatic N) is 2. The lowest BCUT2D eigenvalue weighted by atomic mass is 9.87. The van der Waals surface area contributed by atoms with Gasteiger partial charge in [-0.15, -0.1) is 0 Å². The molecule has 0 saturated carbocycles. The van der Waals surface area contributed by atoms with Crippen molar-refractivity contribution in [1.82, 2.24) is 15.1 Å². The average molecular weight is 491 g/mol. The predicted molar refractivity (Wildman–Crippen MR) is 142 cm³/mol. The quantitative estimate of drug-likeness (QED) is 0.635. The van der Waals surface area contributed by atoms with Gasteiger partial charge in [-0.2, -0.15) is 0 Å². The molecule has 36 heavy (non-hydrogen) atoms. The molecule has 192 valence electrons. The summed E-state index contributed by atoms with van der Waals surface area (Å²) in [4.78, 5) is 43.4. The van der Waals surface area contributed by atoms with Crippen LogP contribution in [0.25, 0.3) is 0 Å². The Labute approximate surface area is 214 Å². The molecular formula is C29H38N4O3. The summed E-state index contributed by atoms with van der Waals surface area (Å²) < 4.78 is 0. The number of hydrogen-bond acceptors (Lipinski definition) is 3. The lowest BCUT2D eigenvalue weighted by Crippen LogP contribution is -2.57. The summed E-state index contributed by atoms with van der Waals surface area (Å²) in [5.74, 6) is -0.243. The van der Waals surface area contributed by atoms with Gasteiger partial charge in [0.2, 0.25) is 5.91 Å². The zero-order chi connectivity index (χ0) is 25.7. The molecule has 0 aromatic heterocycles. The van der Waals surface area contributed by atoms with Crippen LogP contribution in [-0.2, 0) is 4.79 Å². The van der Waals surface area contributed by atoms with Crippen molar-refractivity contribution in [2.75, 3.05) is 25.0 Å². The van der Waals surface area contributed by atoms with E-state index in [0.717, 1.165) is 42.6 Å². The van der Waals surface area contributed by atoms with Crippen LogP contribution >= 0.6 is 0 Å². The monoisotopic (exact) mass is 490 g/mol. The first-order chi connectivity index (χ1) is 17.3. The molecule has 2 fully saturated rings. The maximum Gasteiger partial charge on any atom is 0.321 e. The molecule has 2 atom stereocenters. The largest absolute Gasteiger partial charge is 0.340 e. The Hall–Kier alpha value is -3.35. The van der Waals surface area contributed by atoms with Gasteiger partial charge < -0.3 is 20.4 Å². The fourth-order valence-electron chi connectivity index (χ4n) is 5.19. The van der Waals surface area contributed by atoms with E-state index in [1.807, 2.05) is 55.1 Å². The molecule has 2 aliphatic rings. The molecule has 0 aliphatic carbocycles. The minimum Gasteiger partial charge on any atom is -0.340 e. The number of aryl methyl sites for hydroxylation is 2. The van der Waals surface area contributed by atoms with Gasteiger partial charge in [0.1, 0.15) is 6.04 Å². The van der Waals surface area contributed by atoms with Crippen LogP contribution in [0.2, 0.25) is 0 Å². The van der Waals surface area contributed by atoms with Crippen molar-refractivity contribution in [2.24, 2.45) is 5.92 Å². The summed E-state index contributed by atoms with van der Waals surface area (Å²) in [7, 11) is 0. The second kappa shape index (κ2) is 11.6. The van der Waals surface area contributed by atoms with Crippen molar-refractivity contribution in [3.8, 4) is 0 Å². The van der Waals surface area contributed by atoms with Crippen molar-refractivity contribution >= 4 is 23.5 Å². The Morgan fingerprint density at radius 3 is 2.06 bits per heavy atom. The minimum absolute atomic E-state index is 0.00483. The van der Waals surface area contributed by atoms with E-state index >= 15 is 0 Å². The first-order valence-electron chi connectivity index (χ1n) is 13.1. The van der Waals surface area contributed by atoms with Gasteiger partial charge in [0.25, 0.3) is 5.91 Å². The smallest absolute Gasteiger partial charge is 0.321 e. The number of rotatable bonds is 5. The summed E-state index contributed by atoms with van der Waals surface area (Å²) in [6, 6.07) is 14.6. The molecule has 2 saturated heterocycles. The van der Waals surface area contributed by atoms with Gasteiger partial charge in [-0.3, -0.25) is 9.59 Å². The van der Waals surface area contributed by atoms with Crippen LogP contribution in [-0.4, -0.2) is 59.4 Å². The Kier molecular flexibility index (Phi) is 8.28. The van der Waals surface area contributed by atoms with Crippen molar-refractivity contribution in [1.29, 1.82) is 0 Å². The summed E-state index contributed by atoms with van der Waals surface area (Å²) >= 11 is 0. The number of carbonyl (C=O) groups excluding carboxylic acids is 3. The standard InChI is InChI=1S/C29H38N4O3/c1-20-7-11-24(12-8-20)27(34)31-26(28(35)33-17-5-4-6-22(33)3)23-15-18-32(19-16-23)29(36)30-25-13-9-21(2)10-14-25/h7-14,22-23,26H,4-6,15-19H2,1-3H3,(H,30,36)(H,31,34)/t22-,26-/m1/s1. The van der Waals surface area contributed by atoms with E-state index in [-0.39, 0.29) is 29.8 Å². The highest BCUT2D eigenvalue weighted by molar-refractivity contribution is 5.97. The van der Waals surface area contributed by atoms with Crippen LogP contribution < -0.4 is 10.6 Å². The number of anilines is 1. The third-order valence-corrected chi connectivity index (χ3v) is 7.55. The molecule has 7 nitrogen and oxygen atoms in total. The topological polar surface area (TPSA) is 81.8 Å². The Bertz CT molecular complexity index is 1060. The highest BCUT2D eigenvalue weighted by Crippen LogP contribution is 2.26. The fourth-order valence-corrected chi connectivity index (χ4v) is 5.19. The van der Waals surface area contributed by atoms with Crippen molar-refractivity contribution in [2.45, 2.75) is 65.0 Å². The molecule has 2 aromatic rings. The molecule has 2 heterocycles. The molecule has 2 aliphatic heterocycles. The number of likely N-dealkylation sites (tertiary alicyclic amines) is 2. The Balaban J connectivity index is 1.44. The number of carbonyl (C=O) groups is 3. The summed E-state index contributed by atoms with van der Waals surface area (Å²) in [6.07, 6.45) is 4.43. The molecule has 0 bridgehead atoms. The highest BCUT2D eigenvalue weighted by Gasteiger charge is 2.38. The number of amides is 4. The molecule has 0 unspecified atom stereocenters. The van der Waals surface area contributed by atoms with Crippen LogP contribution in [0.5, 0.6) is 0 Å². The van der Waals surface area contributed by atoms with E-state index in [1.54, 1.807) is 17.0 Å². The molecule has 7 heteroatoms. The number of urea groups is 1. The molecule has 2 N–H and O–H groups in total. The van der Waals surface area contributed by atoms with Gasteiger partial charge in [0.05, 0.1) is 0 Å². The van der Waals surface area contributed by atoms with Crippen molar-refractivity contribution in [3.63, 3.8) is 0 Å². The van der Waals surface area contributed by atoms with Gasteiger partial charge in [0.15, 0.2) is 0 Å². The summed E-state index contributed by atoms with van der Waals surface area (Å²) in [6.45, 7) is 7.90. The zero-order valence-electron chi connectivity index (χ0n) is 21.6. The van der Waals surface area contributed by atoms with Crippen LogP contribution in [0.15, 0.2) is 48.5 Å². The van der Waals surface area contributed by atoms with Gasteiger partial charge in [0, 0.05) is 36.9 Å². The number of benzene rings is 2. The lowest BCUT2D eigenvalue weighted by Gasteiger charge is -2.40. The minimum atomic E-state index is -0.596. The highest BCUT2D eigenvalue weighted by atomic mass is 16.2. The first kappa shape index (κ1) is 25.7.